The third-order valence-electron chi connectivity index (χ3n) is 0.967. The molecule has 0 atom stereocenters. The van der Waals surface area contributed by atoms with E-state index in [1.54, 1.807) is 0 Å². The number of pyridine rings is 1. The predicted molar refractivity (Wildman–Crippen MR) is 42.0 cm³/mol. The van der Waals surface area contributed by atoms with Gasteiger partial charge in [-0.05, 0) is 6.07 Å². The molecule has 11 heavy (non-hydrogen) atoms. The van der Waals surface area contributed by atoms with E-state index >= 15 is 0 Å². The van der Waals surface area contributed by atoms with E-state index in [1.807, 2.05) is 0 Å². The molecule has 0 unspecified atom stereocenters. The van der Waals surface area contributed by atoms with Gasteiger partial charge in [0, 0.05) is 0 Å². The van der Waals surface area contributed by atoms with Crippen molar-refractivity contribution >= 4 is 35.0 Å². The Hall–Kier alpha value is -0.890. The normalized spacial score (nSPS) is 8.91. The molecule has 0 spiro atoms. The summed E-state index contributed by atoms with van der Waals surface area (Å²) in [7, 11) is 0. The number of carbonyl (C=O) groups excluding carboxylic acids is 1. The van der Waals surface area contributed by atoms with Crippen LogP contribution >= 0.6 is 23.2 Å². The molecular weight excluding hydrogens is 187 g/mol. The van der Waals surface area contributed by atoms with Crippen LogP contribution in [0.2, 0.25) is 10.2 Å². The molecule has 56 valence electrons. The summed E-state index contributed by atoms with van der Waals surface area (Å²) in [4.78, 5) is 16.8. The van der Waals surface area contributed by atoms with Gasteiger partial charge in [0.25, 0.3) is 0 Å². The number of isocyanates is 1. The van der Waals surface area contributed by atoms with Crippen molar-refractivity contribution in [2.24, 2.45) is 4.99 Å². The lowest BCUT2D eigenvalue weighted by molar-refractivity contribution is 0.565. The second-order valence-electron chi connectivity index (χ2n) is 1.66. The highest BCUT2D eigenvalue weighted by atomic mass is 35.5. The molecule has 0 saturated carbocycles. The largest absolute Gasteiger partial charge is 0.242 e. The lowest BCUT2D eigenvalue weighted by atomic mass is 10.4. The Morgan fingerprint density at radius 3 is 2.82 bits per heavy atom. The Morgan fingerprint density at radius 1 is 1.55 bits per heavy atom. The third-order valence-corrected chi connectivity index (χ3v) is 1.48. The van der Waals surface area contributed by atoms with E-state index in [9.17, 15) is 4.79 Å². The van der Waals surface area contributed by atoms with Crippen LogP contribution in [0.1, 0.15) is 0 Å². The second kappa shape index (κ2) is 3.49. The minimum atomic E-state index is 0.264. The summed E-state index contributed by atoms with van der Waals surface area (Å²) in [6.07, 6.45) is 2.65. The first kappa shape index (κ1) is 8.21. The molecule has 0 aliphatic heterocycles. The maximum Gasteiger partial charge on any atom is 0.240 e. The Labute approximate surface area is 72.7 Å². The zero-order valence-electron chi connectivity index (χ0n) is 5.21. The summed E-state index contributed by atoms with van der Waals surface area (Å²) >= 11 is 11.1. The molecule has 1 rings (SSSR count). The summed E-state index contributed by atoms with van der Waals surface area (Å²) in [5, 5.41) is 0.549. The third kappa shape index (κ3) is 2.02. The van der Waals surface area contributed by atoms with Gasteiger partial charge in [0.05, 0.1) is 11.2 Å². The van der Waals surface area contributed by atoms with Crippen LogP contribution < -0.4 is 0 Å². The minimum Gasteiger partial charge on any atom is -0.242 e. The smallest absolute Gasteiger partial charge is 0.240 e. The Kier molecular flexibility index (Phi) is 2.60. The molecular formula is C6H2Cl2N2O. The van der Waals surface area contributed by atoms with Gasteiger partial charge in [0.1, 0.15) is 10.8 Å². The van der Waals surface area contributed by atoms with Crippen molar-refractivity contribution < 1.29 is 4.79 Å². The van der Waals surface area contributed by atoms with Crippen LogP contribution in [0.5, 0.6) is 0 Å². The van der Waals surface area contributed by atoms with Gasteiger partial charge in [-0.15, -0.1) is 0 Å². The van der Waals surface area contributed by atoms with Gasteiger partial charge in [0.2, 0.25) is 6.08 Å². The van der Waals surface area contributed by atoms with Crippen LogP contribution in [0.15, 0.2) is 17.3 Å². The number of rotatable bonds is 1. The number of aromatic nitrogens is 1. The van der Waals surface area contributed by atoms with Gasteiger partial charge in [0.15, 0.2) is 0 Å². The van der Waals surface area contributed by atoms with Crippen LogP contribution in [-0.4, -0.2) is 11.1 Å². The van der Waals surface area contributed by atoms with Crippen LogP contribution in [0, 0.1) is 0 Å². The SMILES string of the molecule is O=C=Nc1cnc(Cl)cc1Cl. The molecule has 0 aliphatic rings. The average molecular weight is 189 g/mol. The number of nitrogens with zero attached hydrogens (tertiary/aromatic N) is 2. The van der Waals surface area contributed by atoms with E-state index in [1.165, 1.54) is 18.3 Å². The number of hydrogen-bond donors (Lipinski definition) is 0. The van der Waals surface area contributed by atoms with Crippen LogP contribution in [0.3, 0.4) is 0 Å². The molecule has 1 heterocycles. The lowest BCUT2D eigenvalue weighted by Crippen LogP contribution is -1.74. The monoisotopic (exact) mass is 188 g/mol. The number of hydrogen-bond acceptors (Lipinski definition) is 3. The summed E-state index contributed by atoms with van der Waals surface area (Å²) in [5.74, 6) is 0. The van der Waals surface area contributed by atoms with E-state index < -0.39 is 0 Å². The highest BCUT2D eigenvalue weighted by molar-refractivity contribution is 6.35. The van der Waals surface area contributed by atoms with E-state index in [2.05, 4.69) is 9.98 Å². The Balaban J connectivity index is 3.19. The molecule has 5 heteroatoms. The maximum atomic E-state index is 9.80. The molecule has 0 bridgehead atoms. The fourth-order valence-electron chi connectivity index (χ4n) is 0.532. The Morgan fingerprint density at radius 2 is 2.27 bits per heavy atom. The van der Waals surface area contributed by atoms with Gasteiger partial charge in [-0.1, -0.05) is 23.2 Å². The highest BCUT2D eigenvalue weighted by Crippen LogP contribution is 2.24. The maximum absolute atomic E-state index is 9.80. The lowest BCUT2D eigenvalue weighted by Gasteiger charge is -1.93. The van der Waals surface area contributed by atoms with Crippen molar-refractivity contribution in [2.45, 2.75) is 0 Å². The Bertz CT molecular complexity index is 320. The molecule has 0 saturated heterocycles. The molecule has 0 fully saturated rings. The molecule has 0 radical (unpaired) electrons. The fraction of sp³-hybridized carbons (Fsp3) is 0. The van der Waals surface area contributed by atoms with Gasteiger partial charge in [-0.3, -0.25) is 0 Å². The highest BCUT2D eigenvalue weighted by Gasteiger charge is 1.98. The number of halogens is 2. The van der Waals surface area contributed by atoms with Crippen molar-refractivity contribution in [3.8, 4) is 0 Å². The predicted octanol–water partition coefficient (Wildman–Crippen LogP) is 2.36. The van der Waals surface area contributed by atoms with Gasteiger partial charge in [-0.25, -0.2) is 9.78 Å². The van der Waals surface area contributed by atoms with Crippen molar-refractivity contribution in [3.05, 3.63) is 22.4 Å². The quantitative estimate of drug-likeness (QED) is 0.386. The van der Waals surface area contributed by atoms with Crippen LogP contribution in [0.4, 0.5) is 5.69 Å². The summed E-state index contributed by atoms with van der Waals surface area (Å²) < 4.78 is 0. The molecule has 1 aromatic rings. The first-order valence-electron chi connectivity index (χ1n) is 2.63. The topological polar surface area (TPSA) is 42.3 Å². The van der Waals surface area contributed by atoms with Gasteiger partial charge < -0.3 is 0 Å². The van der Waals surface area contributed by atoms with E-state index in [0.29, 0.717) is 0 Å². The molecule has 0 amide bonds. The summed E-state index contributed by atoms with van der Waals surface area (Å²) in [5.41, 5.74) is 0.270. The first-order valence-corrected chi connectivity index (χ1v) is 3.38. The average Bonchev–Trinajstić information content (AvgIpc) is 1.95. The molecule has 0 aliphatic carbocycles. The van der Waals surface area contributed by atoms with Crippen LogP contribution in [0.25, 0.3) is 0 Å². The molecule has 1 aromatic heterocycles. The van der Waals surface area contributed by atoms with Crippen LogP contribution in [-0.2, 0) is 4.79 Å². The van der Waals surface area contributed by atoms with Crippen molar-refractivity contribution in [1.82, 2.24) is 4.98 Å². The van der Waals surface area contributed by atoms with Gasteiger partial charge in [-0.2, -0.15) is 4.99 Å². The van der Waals surface area contributed by atoms with E-state index in [0.717, 1.165) is 0 Å². The molecule has 0 aromatic carbocycles. The molecule has 3 nitrogen and oxygen atoms in total. The van der Waals surface area contributed by atoms with Crippen molar-refractivity contribution in [2.75, 3.05) is 0 Å². The first-order chi connectivity index (χ1) is 5.24. The second-order valence-corrected chi connectivity index (χ2v) is 2.46. The van der Waals surface area contributed by atoms with Crippen molar-refractivity contribution in [3.63, 3.8) is 0 Å². The standard InChI is InChI=1S/C6H2Cl2N2O/c7-4-1-6(8)9-2-5(4)10-3-11/h1-2H. The fourth-order valence-corrected chi connectivity index (χ4v) is 0.940. The van der Waals surface area contributed by atoms with E-state index in [-0.39, 0.29) is 15.9 Å². The molecule has 0 N–H and O–H groups in total. The van der Waals surface area contributed by atoms with Gasteiger partial charge >= 0.3 is 0 Å². The summed E-state index contributed by atoms with van der Waals surface area (Å²) in [6.45, 7) is 0. The van der Waals surface area contributed by atoms with Crippen molar-refractivity contribution in [1.29, 1.82) is 0 Å². The minimum absolute atomic E-state index is 0.264. The number of aliphatic imine (C=N–C) groups is 1. The summed E-state index contributed by atoms with van der Waals surface area (Å²) in [6, 6.07) is 1.40. The van der Waals surface area contributed by atoms with E-state index in [4.69, 9.17) is 23.2 Å². The zero-order valence-corrected chi connectivity index (χ0v) is 6.73. The zero-order chi connectivity index (χ0) is 8.27.